The maximum atomic E-state index is 13.1. The first-order chi connectivity index (χ1) is 12.6. The van der Waals surface area contributed by atoms with Crippen molar-refractivity contribution in [2.24, 2.45) is 0 Å². The van der Waals surface area contributed by atoms with E-state index in [2.05, 4.69) is 5.32 Å². The predicted octanol–water partition coefficient (Wildman–Crippen LogP) is 4.37. The second kappa shape index (κ2) is 9.76. The van der Waals surface area contributed by atoms with Gasteiger partial charge in [0.25, 0.3) is 0 Å². The van der Waals surface area contributed by atoms with E-state index in [4.69, 9.17) is 0 Å². The lowest BCUT2D eigenvalue weighted by Crippen LogP contribution is -2.41. The number of para-hydroxylation sites is 1. The fraction of sp³-hybridized carbons (Fsp3) is 0.364. The molecule has 0 radical (unpaired) electrons. The van der Waals surface area contributed by atoms with Gasteiger partial charge in [0.05, 0.1) is 12.5 Å². The zero-order valence-corrected chi connectivity index (χ0v) is 15.9. The van der Waals surface area contributed by atoms with E-state index >= 15 is 0 Å². The van der Waals surface area contributed by atoms with Gasteiger partial charge in [-0.3, -0.25) is 9.59 Å². The van der Waals surface area contributed by atoms with Crippen molar-refractivity contribution in [2.75, 3.05) is 18.4 Å². The Morgan fingerprint density at radius 2 is 1.65 bits per heavy atom. The lowest BCUT2D eigenvalue weighted by molar-refractivity contribution is -0.136. The summed E-state index contributed by atoms with van der Waals surface area (Å²) >= 11 is 0. The number of benzene rings is 2. The van der Waals surface area contributed by atoms with Crippen LogP contribution >= 0.6 is 0 Å². The predicted molar refractivity (Wildman–Crippen MR) is 106 cm³/mol. The fourth-order valence-electron chi connectivity index (χ4n) is 3.07. The summed E-state index contributed by atoms with van der Waals surface area (Å²) in [6.45, 7) is 6.62. The highest BCUT2D eigenvalue weighted by Gasteiger charge is 2.25. The highest BCUT2D eigenvalue weighted by molar-refractivity contribution is 5.96. The number of nitrogens with zero attached hydrogens (tertiary/aromatic N) is 1. The van der Waals surface area contributed by atoms with Crippen LogP contribution in [0.2, 0.25) is 0 Å². The molecule has 4 heteroatoms. The summed E-state index contributed by atoms with van der Waals surface area (Å²) in [4.78, 5) is 27.2. The summed E-state index contributed by atoms with van der Waals surface area (Å²) in [5.74, 6) is -0.362. The average Bonchev–Trinajstić information content (AvgIpc) is 2.64. The van der Waals surface area contributed by atoms with Crippen LogP contribution in [0.15, 0.2) is 54.6 Å². The molecule has 0 heterocycles. The summed E-state index contributed by atoms with van der Waals surface area (Å²) in [6.07, 6.45) is 1.52. The molecule has 2 amide bonds. The van der Waals surface area contributed by atoms with Crippen LogP contribution in [0.4, 0.5) is 5.69 Å². The van der Waals surface area contributed by atoms with Crippen LogP contribution < -0.4 is 5.32 Å². The van der Waals surface area contributed by atoms with E-state index in [1.807, 2.05) is 75.4 Å². The first kappa shape index (κ1) is 19.7. The van der Waals surface area contributed by atoms with Crippen molar-refractivity contribution in [1.82, 2.24) is 4.90 Å². The second-order valence-corrected chi connectivity index (χ2v) is 6.49. The Bertz CT molecular complexity index is 728. The number of aryl methyl sites for hydroxylation is 1. The Labute approximate surface area is 156 Å². The Balaban J connectivity index is 2.10. The molecule has 2 aromatic carbocycles. The topological polar surface area (TPSA) is 49.4 Å². The van der Waals surface area contributed by atoms with E-state index in [1.54, 1.807) is 4.90 Å². The van der Waals surface area contributed by atoms with E-state index in [0.29, 0.717) is 13.0 Å². The monoisotopic (exact) mass is 352 g/mol. The summed E-state index contributed by atoms with van der Waals surface area (Å²) in [5, 5.41) is 2.92. The molecule has 0 aliphatic rings. The van der Waals surface area contributed by atoms with Crippen LogP contribution in [0, 0.1) is 6.92 Å². The number of amides is 2. The summed E-state index contributed by atoms with van der Waals surface area (Å²) in [6, 6.07) is 17.4. The Morgan fingerprint density at radius 1 is 1.00 bits per heavy atom. The van der Waals surface area contributed by atoms with Crippen LogP contribution in [0.5, 0.6) is 0 Å². The van der Waals surface area contributed by atoms with Crippen LogP contribution in [-0.2, 0) is 9.59 Å². The lowest BCUT2D eigenvalue weighted by Gasteiger charge is -2.26. The summed E-state index contributed by atoms with van der Waals surface area (Å²) < 4.78 is 0. The zero-order valence-electron chi connectivity index (χ0n) is 15.9. The molecule has 1 N–H and O–H groups in total. The van der Waals surface area contributed by atoms with Gasteiger partial charge in [0.2, 0.25) is 11.8 Å². The maximum absolute atomic E-state index is 13.1. The SMILES string of the molecule is CCCN(CC(=O)Nc1ccccc1C)C(=O)C(CC)c1ccccc1. The van der Waals surface area contributed by atoms with Gasteiger partial charge >= 0.3 is 0 Å². The van der Waals surface area contributed by atoms with Crippen molar-refractivity contribution in [3.05, 3.63) is 65.7 Å². The number of hydrogen-bond donors (Lipinski definition) is 1. The molecule has 0 saturated heterocycles. The minimum atomic E-state index is -0.214. The standard InChI is InChI=1S/C22H28N2O2/c1-4-15-24(16-21(25)23-20-14-10-9-11-17(20)3)22(26)19(5-2)18-12-7-6-8-13-18/h6-14,19H,4-5,15-16H2,1-3H3,(H,23,25). The third-order valence-electron chi connectivity index (χ3n) is 4.47. The Kier molecular flexibility index (Phi) is 7.39. The number of nitrogens with one attached hydrogen (secondary N) is 1. The Morgan fingerprint density at radius 3 is 2.27 bits per heavy atom. The molecule has 0 spiro atoms. The molecule has 0 aliphatic carbocycles. The molecule has 4 nitrogen and oxygen atoms in total. The van der Waals surface area contributed by atoms with Crippen LogP contribution in [0.1, 0.15) is 43.7 Å². The van der Waals surface area contributed by atoms with Crippen LogP contribution in [0.3, 0.4) is 0 Å². The van der Waals surface area contributed by atoms with Crippen LogP contribution in [0.25, 0.3) is 0 Å². The van der Waals surface area contributed by atoms with E-state index in [-0.39, 0.29) is 24.3 Å². The van der Waals surface area contributed by atoms with E-state index in [0.717, 1.165) is 23.2 Å². The molecular formula is C22H28N2O2. The zero-order chi connectivity index (χ0) is 18.9. The van der Waals surface area contributed by atoms with Crippen LogP contribution in [-0.4, -0.2) is 29.8 Å². The minimum absolute atomic E-state index is 0.0143. The molecule has 0 aromatic heterocycles. The molecule has 2 rings (SSSR count). The van der Waals surface area contributed by atoms with E-state index in [1.165, 1.54) is 0 Å². The van der Waals surface area contributed by atoms with Gasteiger partial charge in [-0.1, -0.05) is 62.4 Å². The quantitative estimate of drug-likeness (QED) is 0.767. The van der Waals surface area contributed by atoms with Gasteiger partial charge in [-0.25, -0.2) is 0 Å². The third-order valence-corrected chi connectivity index (χ3v) is 4.47. The molecule has 0 saturated carbocycles. The molecule has 1 unspecified atom stereocenters. The summed E-state index contributed by atoms with van der Waals surface area (Å²) in [5.41, 5.74) is 2.79. The van der Waals surface area contributed by atoms with Gasteiger partial charge in [-0.2, -0.15) is 0 Å². The molecule has 1 atom stereocenters. The fourth-order valence-corrected chi connectivity index (χ4v) is 3.07. The lowest BCUT2D eigenvalue weighted by atomic mass is 9.95. The third kappa shape index (κ3) is 5.19. The molecule has 0 bridgehead atoms. The smallest absolute Gasteiger partial charge is 0.244 e. The van der Waals surface area contributed by atoms with Crippen molar-refractivity contribution < 1.29 is 9.59 Å². The summed E-state index contributed by atoms with van der Waals surface area (Å²) in [7, 11) is 0. The van der Waals surface area contributed by atoms with Gasteiger partial charge in [-0.05, 0) is 37.0 Å². The molecule has 2 aromatic rings. The number of carbonyl (C=O) groups is 2. The molecular weight excluding hydrogens is 324 g/mol. The highest BCUT2D eigenvalue weighted by atomic mass is 16.2. The van der Waals surface area contributed by atoms with Gasteiger partial charge < -0.3 is 10.2 Å². The van der Waals surface area contributed by atoms with Gasteiger partial charge in [0.15, 0.2) is 0 Å². The van der Waals surface area contributed by atoms with Gasteiger partial charge in [-0.15, -0.1) is 0 Å². The first-order valence-corrected chi connectivity index (χ1v) is 9.26. The number of hydrogen-bond acceptors (Lipinski definition) is 2. The second-order valence-electron chi connectivity index (χ2n) is 6.49. The number of anilines is 1. The number of rotatable bonds is 8. The van der Waals surface area contributed by atoms with Crippen molar-refractivity contribution in [3.63, 3.8) is 0 Å². The largest absolute Gasteiger partial charge is 0.333 e. The van der Waals surface area contributed by atoms with Gasteiger partial charge in [0, 0.05) is 12.2 Å². The normalized spacial score (nSPS) is 11.7. The molecule has 26 heavy (non-hydrogen) atoms. The Hall–Kier alpha value is -2.62. The maximum Gasteiger partial charge on any atom is 0.244 e. The molecule has 138 valence electrons. The minimum Gasteiger partial charge on any atom is -0.333 e. The van der Waals surface area contributed by atoms with E-state index in [9.17, 15) is 9.59 Å². The molecule has 0 aliphatic heterocycles. The highest BCUT2D eigenvalue weighted by Crippen LogP contribution is 2.22. The van der Waals surface area contributed by atoms with Crippen molar-refractivity contribution >= 4 is 17.5 Å². The number of carbonyl (C=O) groups excluding carboxylic acids is 2. The first-order valence-electron chi connectivity index (χ1n) is 9.26. The molecule has 0 fully saturated rings. The van der Waals surface area contributed by atoms with Crippen molar-refractivity contribution in [1.29, 1.82) is 0 Å². The average molecular weight is 352 g/mol. The van der Waals surface area contributed by atoms with E-state index < -0.39 is 0 Å². The van der Waals surface area contributed by atoms with Gasteiger partial charge in [0.1, 0.15) is 0 Å². The van der Waals surface area contributed by atoms with Crippen molar-refractivity contribution in [3.8, 4) is 0 Å². The van der Waals surface area contributed by atoms with Crippen molar-refractivity contribution in [2.45, 2.75) is 39.5 Å².